The standard InChI is InChI=1S/C24H26N8OS/c1-15-5-3-10-27-22(15)23(33)28-17-6-8-18(9-7-17)34-24-30-20(29-19(26)13-16(2)25)14-21(31-24)32-11-4-12-32/h3,5-10,13-14H,4,11-12,25H2,1-2H3,(H,28,33)(H2,26,29,30,31)/b16-13-. The first-order valence-corrected chi connectivity index (χ1v) is 11.6. The number of aromatic nitrogens is 3. The van der Waals surface area contributed by atoms with Crippen LogP contribution in [0.25, 0.3) is 0 Å². The second kappa shape index (κ2) is 10.3. The number of rotatable bonds is 7. The largest absolute Gasteiger partial charge is 0.402 e. The van der Waals surface area contributed by atoms with E-state index in [1.54, 1.807) is 25.3 Å². The Kier molecular flexibility index (Phi) is 7.07. The fourth-order valence-electron chi connectivity index (χ4n) is 3.23. The molecule has 9 nitrogen and oxygen atoms in total. The first-order chi connectivity index (χ1) is 16.4. The molecule has 0 atom stereocenters. The molecule has 1 aliphatic heterocycles. The van der Waals surface area contributed by atoms with E-state index >= 15 is 0 Å². The minimum absolute atomic E-state index is 0.244. The van der Waals surface area contributed by atoms with Gasteiger partial charge in [-0.15, -0.1) is 0 Å². The van der Waals surface area contributed by atoms with Gasteiger partial charge >= 0.3 is 0 Å². The van der Waals surface area contributed by atoms with Crippen molar-refractivity contribution >= 4 is 40.8 Å². The van der Waals surface area contributed by atoms with Crippen LogP contribution in [-0.4, -0.2) is 39.8 Å². The summed E-state index contributed by atoms with van der Waals surface area (Å²) in [6.45, 7) is 5.51. The fraction of sp³-hybridized carbons (Fsp3) is 0.208. The van der Waals surface area contributed by atoms with Crippen LogP contribution in [0.5, 0.6) is 0 Å². The molecular formula is C24H26N8OS. The molecule has 1 aliphatic rings. The van der Waals surface area contributed by atoms with Gasteiger partial charge in [-0.1, -0.05) is 6.07 Å². The Labute approximate surface area is 202 Å². The summed E-state index contributed by atoms with van der Waals surface area (Å²) in [4.78, 5) is 33.4. The molecule has 1 fully saturated rings. The van der Waals surface area contributed by atoms with Gasteiger partial charge in [0.2, 0.25) is 0 Å². The number of nitrogens with two attached hydrogens (primary N) is 2. The number of amides is 1. The number of carbonyl (C=O) groups is 1. The molecule has 0 unspecified atom stereocenters. The Morgan fingerprint density at radius 3 is 2.59 bits per heavy atom. The third kappa shape index (κ3) is 5.90. The lowest BCUT2D eigenvalue weighted by Crippen LogP contribution is -2.37. The van der Waals surface area contributed by atoms with Crippen LogP contribution in [0.2, 0.25) is 0 Å². The van der Waals surface area contributed by atoms with E-state index in [9.17, 15) is 4.79 Å². The number of aliphatic imine (C=N–C) groups is 1. The van der Waals surface area contributed by atoms with Crippen molar-refractivity contribution in [3.05, 3.63) is 71.7 Å². The average Bonchev–Trinajstić information content (AvgIpc) is 2.73. The van der Waals surface area contributed by atoms with Gasteiger partial charge < -0.3 is 21.7 Å². The van der Waals surface area contributed by atoms with Crippen molar-refractivity contribution in [1.82, 2.24) is 15.0 Å². The number of anilines is 2. The maximum absolute atomic E-state index is 12.5. The molecule has 4 rings (SSSR count). The Hall–Kier alpha value is -3.92. The van der Waals surface area contributed by atoms with Crippen molar-refractivity contribution in [3.8, 4) is 0 Å². The third-order valence-corrected chi connectivity index (χ3v) is 5.90. The van der Waals surface area contributed by atoms with E-state index in [4.69, 9.17) is 11.5 Å². The van der Waals surface area contributed by atoms with Crippen LogP contribution in [0.15, 0.2) is 75.5 Å². The lowest BCUT2D eigenvalue weighted by atomic mass is 10.2. The molecule has 3 aromatic rings. The zero-order chi connectivity index (χ0) is 24.1. The van der Waals surface area contributed by atoms with E-state index in [0.29, 0.717) is 28.1 Å². The number of allylic oxidation sites excluding steroid dienone is 1. The third-order valence-electron chi connectivity index (χ3n) is 5.02. The fourth-order valence-corrected chi connectivity index (χ4v) is 4.00. The zero-order valence-corrected chi connectivity index (χ0v) is 19.8. The Bertz CT molecular complexity index is 1250. The molecule has 0 saturated carbocycles. The first-order valence-electron chi connectivity index (χ1n) is 10.8. The average molecular weight is 475 g/mol. The predicted molar refractivity (Wildman–Crippen MR) is 136 cm³/mol. The van der Waals surface area contributed by atoms with Crippen molar-refractivity contribution in [2.24, 2.45) is 16.5 Å². The predicted octanol–water partition coefficient (Wildman–Crippen LogP) is 3.64. The molecule has 1 saturated heterocycles. The number of pyridine rings is 1. The van der Waals surface area contributed by atoms with Crippen LogP contribution >= 0.6 is 11.8 Å². The van der Waals surface area contributed by atoms with Crippen LogP contribution in [-0.2, 0) is 0 Å². The SMILES string of the molecule is C/C(N)=C/C(N)=N/c1cc(N2CCC2)nc(Sc2ccc(NC(=O)c3ncccc3C)cc2)n1. The summed E-state index contributed by atoms with van der Waals surface area (Å²) in [5.74, 6) is 1.33. The highest BCUT2D eigenvalue weighted by Crippen LogP contribution is 2.31. The zero-order valence-electron chi connectivity index (χ0n) is 19.0. The van der Waals surface area contributed by atoms with Crippen molar-refractivity contribution in [1.29, 1.82) is 0 Å². The van der Waals surface area contributed by atoms with Gasteiger partial charge in [-0.3, -0.25) is 9.78 Å². The summed E-state index contributed by atoms with van der Waals surface area (Å²) in [5.41, 5.74) is 14.1. The lowest BCUT2D eigenvalue weighted by molar-refractivity contribution is 0.102. The highest BCUT2D eigenvalue weighted by Gasteiger charge is 2.18. The number of amidine groups is 1. The van der Waals surface area contributed by atoms with Gasteiger partial charge in [-0.25, -0.2) is 15.0 Å². The van der Waals surface area contributed by atoms with Crippen LogP contribution in [0.3, 0.4) is 0 Å². The summed E-state index contributed by atoms with van der Waals surface area (Å²) < 4.78 is 0. The highest BCUT2D eigenvalue weighted by atomic mass is 32.2. The second-order valence-corrected chi connectivity index (χ2v) is 8.92. The van der Waals surface area contributed by atoms with Crippen LogP contribution in [0, 0.1) is 6.92 Å². The quantitative estimate of drug-likeness (QED) is 0.268. The van der Waals surface area contributed by atoms with Gasteiger partial charge in [0.15, 0.2) is 11.0 Å². The van der Waals surface area contributed by atoms with Crippen molar-refractivity contribution < 1.29 is 4.79 Å². The summed E-state index contributed by atoms with van der Waals surface area (Å²) in [6.07, 6.45) is 4.33. The molecule has 5 N–H and O–H groups in total. The van der Waals surface area contributed by atoms with E-state index in [1.165, 1.54) is 11.8 Å². The van der Waals surface area contributed by atoms with Gasteiger partial charge in [0.1, 0.15) is 17.3 Å². The molecule has 0 radical (unpaired) electrons. The molecule has 3 heterocycles. The lowest BCUT2D eigenvalue weighted by Gasteiger charge is -2.32. The van der Waals surface area contributed by atoms with Crippen molar-refractivity contribution in [3.63, 3.8) is 0 Å². The van der Waals surface area contributed by atoms with Crippen LogP contribution in [0.4, 0.5) is 17.3 Å². The number of hydrogen-bond acceptors (Lipinski definition) is 8. The molecule has 0 bridgehead atoms. The van der Waals surface area contributed by atoms with Gasteiger partial charge in [0, 0.05) is 41.6 Å². The number of nitrogens with zero attached hydrogens (tertiary/aromatic N) is 5. The minimum atomic E-state index is -0.244. The smallest absolute Gasteiger partial charge is 0.274 e. The van der Waals surface area contributed by atoms with Crippen molar-refractivity contribution in [2.75, 3.05) is 23.3 Å². The number of nitrogens with one attached hydrogen (secondary N) is 1. The van der Waals surface area contributed by atoms with Crippen LogP contribution in [0.1, 0.15) is 29.4 Å². The van der Waals surface area contributed by atoms with E-state index in [-0.39, 0.29) is 11.7 Å². The maximum atomic E-state index is 12.5. The summed E-state index contributed by atoms with van der Waals surface area (Å²) in [7, 11) is 0. The molecule has 34 heavy (non-hydrogen) atoms. The van der Waals surface area contributed by atoms with Gasteiger partial charge in [-0.05, 0) is 74.0 Å². The Morgan fingerprint density at radius 2 is 1.94 bits per heavy atom. The number of benzene rings is 1. The summed E-state index contributed by atoms with van der Waals surface area (Å²) in [6, 6.07) is 13.0. The van der Waals surface area contributed by atoms with E-state index in [2.05, 4.69) is 30.2 Å². The summed E-state index contributed by atoms with van der Waals surface area (Å²) >= 11 is 1.41. The molecule has 0 spiro atoms. The van der Waals surface area contributed by atoms with Crippen molar-refractivity contribution in [2.45, 2.75) is 30.3 Å². The molecule has 174 valence electrons. The summed E-state index contributed by atoms with van der Waals surface area (Å²) in [5, 5.41) is 3.44. The van der Waals surface area contributed by atoms with E-state index < -0.39 is 0 Å². The molecule has 1 amide bonds. The number of carbonyl (C=O) groups excluding carboxylic acids is 1. The molecule has 0 aliphatic carbocycles. The number of aryl methyl sites for hydroxylation is 1. The second-order valence-electron chi connectivity index (χ2n) is 7.88. The Morgan fingerprint density at radius 1 is 1.18 bits per heavy atom. The first kappa shape index (κ1) is 23.2. The monoisotopic (exact) mass is 474 g/mol. The minimum Gasteiger partial charge on any atom is -0.402 e. The highest BCUT2D eigenvalue weighted by molar-refractivity contribution is 7.99. The van der Waals surface area contributed by atoms with Gasteiger partial charge in [-0.2, -0.15) is 0 Å². The normalized spacial score (nSPS) is 14.0. The van der Waals surface area contributed by atoms with E-state index in [1.807, 2.05) is 43.3 Å². The van der Waals surface area contributed by atoms with Gasteiger partial charge in [0.25, 0.3) is 5.91 Å². The molecule has 2 aromatic heterocycles. The Balaban J connectivity index is 1.51. The van der Waals surface area contributed by atoms with Gasteiger partial charge in [0.05, 0.1) is 0 Å². The molecule has 1 aromatic carbocycles. The maximum Gasteiger partial charge on any atom is 0.274 e. The van der Waals surface area contributed by atoms with E-state index in [0.717, 1.165) is 35.8 Å². The van der Waals surface area contributed by atoms with Crippen LogP contribution < -0.4 is 21.7 Å². The molecular weight excluding hydrogens is 448 g/mol. The topological polar surface area (TPSA) is 135 Å². The number of hydrogen-bond donors (Lipinski definition) is 3. The molecule has 10 heteroatoms.